The third-order valence-corrected chi connectivity index (χ3v) is 5.50. The lowest BCUT2D eigenvalue weighted by molar-refractivity contribution is -0.141. The van der Waals surface area contributed by atoms with Crippen molar-refractivity contribution in [2.75, 3.05) is 12.4 Å². The van der Waals surface area contributed by atoms with Crippen LogP contribution >= 0.6 is 12.6 Å². The number of aromatic hydroxyl groups is 1. The van der Waals surface area contributed by atoms with Crippen molar-refractivity contribution >= 4 is 36.3 Å². The summed E-state index contributed by atoms with van der Waals surface area (Å²) in [5.74, 6) is -3.90. The molecule has 8 N–H and O–H groups in total. The number of carboxylic acids is 1. The van der Waals surface area contributed by atoms with E-state index in [4.69, 9.17) is 10.8 Å². The molecule has 0 saturated carbocycles. The lowest BCUT2D eigenvalue weighted by Gasteiger charge is -2.27. The maximum Gasteiger partial charge on any atom is 0.327 e. The van der Waals surface area contributed by atoms with E-state index in [0.717, 1.165) is 0 Å². The Balaban J connectivity index is 3.14. The number of nitrogens with one attached hydrogen (secondary N) is 3. The molecule has 0 aliphatic heterocycles. The van der Waals surface area contributed by atoms with Crippen LogP contribution in [-0.2, 0) is 25.6 Å². The zero-order chi connectivity index (χ0) is 25.1. The average Bonchev–Trinajstić information content (AvgIpc) is 2.79. The Bertz CT molecular complexity index is 821. The predicted octanol–water partition coefficient (Wildman–Crippen LogP) is -1.23. The van der Waals surface area contributed by atoms with E-state index in [0.29, 0.717) is 12.0 Å². The summed E-state index contributed by atoms with van der Waals surface area (Å²) in [7, 11) is 0. The molecule has 11 nitrogen and oxygen atoms in total. The van der Waals surface area contributed by atoms with Crippen molar-refractivity contribution in [1.82, 2.24) is 16.0 Å². The van der Waals surface area contributed by atoms with Crippen LogP contribution in [-0.4, -0.2) is 75.5 Å². The fraction of sp³-hybridized carbons (Fsp3) is 0.524. The van der Waals surface area contributed by atoms with Crippen LogP contribution < -0.4 is 21.7 Å². The molecular formula is C21H32N4O7S. The number of thiol groups is 1. The van der Waals surface area contributed by atoms with E-state index < -0.39 is 54.5 Å². The van der Waals surface area contributed by atoms with Gasteiger partial charge in [-0.05, 0) is 23.6 Å². The molecule has 33 heavy (non-hydrogen) atoms. The number of nitrogens with two attached hydrogens (primary N) is 1. The summed E-state index contributed by atoms with van der Waals surface area (Å²) in [4.78, 5) is 49.4. The molecule has 0 aromatic heterocycles. The van der Waals surface area contributed by atoms with Crippen LogP contribution in [0.3, 0.4) is 0 Å². The molecule has 12 heteroatoms. The monoisotopic (exact) mass is 484 g/mol. The number of phenols is 1. The SMILES string of the molecule is CCC(C)C(NC(=O)C(N)CO)C(=O)NC(Cc1ccc(O)cc1)C(=O)NC(CS)C(=O)O. The van der Waals surface area contributed by atoms with Crippen molar-refractivity contribution in [3.8, 4) is 5.75 Å². The van der Waals surface area contributed by atoms with E-state index in [1.54, 1.807) is 19.1 Å². The molecule has 0 spiro atoms. The van der Waals surface area contributed by atoms with Gasteiger partial charge in [-0.2, -0.15) is 12.6 Å². The van der Waals surface area contributed by atoms with Crippen LogP contribution in [0.2, 0.25) is 0 Å². The molecule has 0 bridgehead atoms. The zero-order valence-electron chi connectivity index (χ0n) is 18.5. The molecule has 5 unspecified atom stereocenters. The minimum Gasteiger partial charge on any atom is -0.508 e. The number of amides is 3. The van der Waals surface area contributed by atoms with Gasteiger partial charge in [-0.1, -0.05) is 32.4 Å². The standard InChI is InChI=1S/C21H32N4O7S/c1-3-11(2)17(25-18(28)14(22)9-26)20(30)23-15(8-12-4-6-13(27)7-5-12)19(29)24-16(10-33)21(31)32/h4-7,11,14-17,26-27,33H,3,8-10,22H2,1-2H3,(H,23,30)(H,24,29)(H,25,28)(H,31,32). The number of carbonyl (C=O) groups is 4. The van der Waals surface area contributed by atoms with Gasteiger partial charge in [0.2, 0.25) is 17.7 Å². The largest absolute Gasteiger partial charge is 0.508 e. The van der Waals surface area contributed by atoms with Gasteiger partial charge >= 0.3 is 5.97 Å². The van der Waals surface area contributed by atoms with Gasteiger partial charge in [-0.15, -0.1) is 0 Å². The van der Waals surface area contributed by atoms with Gasteiger partial charge in [0.15, 0.2) is 0 Å². The minimum absolute atomic E-state index is 0.00586. The first-order valence-electron chi connectivity index (χ1n) is 10.4. The summed E-state index contributed by atoms with van der Waals surface area (Å²) < 4.78 is 0. The number of hydrogen-bond acceptors (Lipinski definition) is 8. The van der Waals surface area contributed by atoms with Crippen LogP contribution in [0.15, 0.2) is 24.3 Å². The highest BCUT2D eigenvalue weighted by Crippen LogP contribution is 2.13. The maximum absolute atomic E-state index is 13.1. The highest BCUT2D eigenvalue weighted by atomic mass is 32.1. The molecular weight excluding hydrogens is 452 g/mol. The van der Waals surface area contributed by atoms with Crippen LogP contribution in [0.25, 0.3) is 0 Å². The van der Waals surface area contributed by atoms with Gasteiger partial charge in [0.05, 0.1) is 6.61 Å². The number of aliphatic hydroxyl groups excluding tert-OH is 1. The summed E-state index contributed by atoms with van der Waals surface area (Å²) in [6.07, 6.45) is 0.510. The first-order valence-corrected chi connectivity index (χ1v) is 11.1. The smallest absolute Gasteiger partial charge is 0.327 e. The lowest BCUT2D eigenvalue weighted by atomic mass is 9.96. The number of phenolic OH excluding ortho intramolecular Hbond substituents is 1. The number of benzene rings is 1. The Hall–Kier alpha value is -2.83. The highest BCUT2D eigenvalue weighted by Gasteiger charge is 2.32. The van der Waals surface area contributed by atoms with Crippen LogP contribution in [0.5, 0.6) is 5.75 Å². The first kappa shape index (κ1) is 28.2. The Morgan fingerprint density at radius 3 is 2.06 bits per heavy atom. The van der Waals surface area contributed by atoms with Gasteiger partial charge in [-0.3, -0.25) is 14.4 Å². The fourth-order valence-electron chi connectivity index (χ4n) is 2.84. The van der Waals surface area contributed by atoms with E-state index in [1.165, 1.54) is 12.1 Å². The summed E-state index contributed by atoms with van der Waals surface area (Å²) >= 11 is 3.93. The number of aliphatic hydroxyl groups is 1. The van der Waals surface area contributed by atoms with Crippen LogP contribution in [0.4, 0.5) is 0 Å². The fourth-order valence-corrected chi connectivity index (χ4v) is 3.09. The summed E-state index contributed by atoms with van der Waals surface area (Å²) in [5.41, 5.74) is 6.12. The Kier molecular flexibility index (Phi) is 11.7. The quantitative estimate of drug-likeness (QED) is 0.160. The van der Waals surface area contributed by atoms with Crippen molar-refractivity contribution in [2.45, 2.75) is 50.9 Å². The molecule has 3 amide bonds. The van der Waals surface area contributed by atoms with Crippen molar-refractivity contribution in [2.24, 2.45) is 11.7 Å². The van der Waals surface area contributed by atoms with E-state index in [9.17, 15) is 29.4 Å². The predicted molar refractivity (Wildman–Crippen MR) is 124 cm³/mol. The molecule has 0 radical (unpaired) electrons. The molecule has 1 rings (SSSR count). The van der Waals surface area contributed by atoms with Crippen LogP contribution in [0, 0.1) is 5.92 Å². The summed E-state index contributed by atoms with van der Waals surface area (Å²) in [6.45, 7) is 2.94. The molecule has 1 aromatic carbocycles. The number of hydrogen-bond donors (Lipinski definition) is 8. The minimum atomic E-state index is -1.28. The molecule has 0 aliphatic rings. The normalized spacial score (nSPS) is 15.4. The van der Waals surface area contributed by atoms with Crippen molar-refractivity contribution in [3.63, 3.8) is 0 Å². The second-order valence-electron chi connectivity index (χ2n) is 7.67. The van der Waals surface area contributed by atoms with E-state index in [-0.39, 0.29) is 23.8 Å². The van der Waals surface area contributed by atoms with Gasteiger partial charge in [-0.25, -0.2) is 4.79 Å². The summed E-state index contributed by atoms with van der Waals surface area (Å²) in [5, 5.41) is 35.2. The Morgan fingerprint density at radius 2 is 1.58 bits per heavy atom. The van der Waals surface area contributed by atoms with Gasteiger partial charge in [0.1, 0.15) is 29.9 Å². The van der Waals surface area contributed by atoms with Crippen molar-refractivity contribution in [1.29, 1.82) is 0 Å². The molecule has 0 heterocycles. The van der Waals surface area contributed by atoms with Crippen LogP contribution in [0.1, 0.15) is 25.8 Å². The number of aliphatic carboxylic acids is 1. The number of carbonyl (C=O) groups excluding carboxylic acids is 3. The van der Waals surface area contributed by atoms with Crippen molar-refractivity contribution < 1.29 is 34.5 Å². The van der Waals surface area contributed by atoms with Gasteiger partial charge < -0.3 is 37.0 Å². The molecule has 0 aliphatic carbocycles. The lowest BCUT2D eigenvalue weighted by Crippen LogP contribution is -2.59. The van der Waals surface area contributed by atoms with Gasteiger partial charge in [0, 0.05) is 12.2 Å². The topological polar surface area (TPSA) is 191 Å². The first-order chi connectivity index (χ1) is 15.5. The molecule has 184 valence electrons. The second-order valence-corrected chi connectivity index (χ2v) is 8.04. The molecule has 1 aromatic rings. The Labute approximate surface area is 197 Å². The zero-order valence-corrected chi connectivity index (χ0v) is 19.4. The summed E-state index contributed by atoms with van der Waals surface area (Å²) in [6, 6.07) is 1.23. The van der Waals surface area contributed by atoms with Crippen molar-refractivity contribution in [3.05, 3.63) is 29.8 Å². The third-order valence-electron chi connectivity index (χ3n) is 5.13. The molecule has 0 saturated heterocycles. The maximum atomic E-state index is 13.1. The van der Waals surface area contributed by atoms with E-state index >= 15 is 0 Å². The molecule has 0 fully saturated rings. The Morgan fingerprint density at radius 1 is 1.00 bits per heavy atom. The van der Waals surface area contributed by atoms with E-state index in [2.05, 4.69) is 28.6 Å². The number of carboxylic acid groups (broad SMARTS) is 1. The van der Waals surface area contributed by atoms with Gasteiger partial charge in [0.25, 0.3) is 0 Å². The van der Waals surface area contributed by atoms with E-state index in [1.807, 2.05) is 6.92 Å². The second kappa shape index (κ2) is 13.7. The average molecular weight is 485 g/mol. The number of rotatable bonds is 13. The third kappa shape index (κ3) is 8.91. The molecule has 5 atom stereocenters. The highest BCUT2D eigenvalue weighted by molar-refractivity contribution is 7.80.